The van der Waals surface area contributed by atoms with E-state index in [1.165, 1.54) is 5.56 Å². The molecule has 1 amide bonds. The molecule has 116 valence electrons. The van der Waals surface area contributed by atoms with Gasteiger partial charge in [-0.3, -0.25) is 4.79 Å². The van der Waals surface area contributed by atoms with Gasteiger partial charge in [0.05, 0.1) is 12.8 Å². The fourth-order valence-electron chi connectivity index (χ4n) is 2.24. The quantitative estimate of drug-likeness (QED) is 0.902. The number of carbonyl (C=O) groups excluding carboxylic acids is 1. The Morgan fingerprint density at radius 1 is 1.05 bits per heavy atom. The molecule has 3 heteroatoms. The van der Waals surface area contributed by atoms with Gasteiger partial charge in [0, 0.05) is 5.56 Å². The number of carbonyl (C=O) groups is 1. The molecule has 2 aromatic carbocycles. The van der Waals surface area contributed by atoms with E-state index in [0.29, 0.717) is 17.0 Å². The minimum atomic E-state index is -0.135. The Labute approximate surface area is 132 Å². The molecule has 0 saturated heterocycles. The standard InChI is InChI=1S/C19H23NO2/c1-13-6-11-17(22-5)16(12-13)20-18(21)14-7-9-15(10-8-14)19(2,3)4/h6-12H,1-5H3,(H,20,21). The highest BCUT2D eigenvalue weighted by Gasteiger charge is 2.15. The number of aryl methyl sites for hydroxylation is 1. The molecule has 2 aromatic rings. The summed E-state index contributed by atoms with van der Waals surface area (Å²) in [5.41, 5.74) is 3.68. The molecule has 0 fully saturated rings. The van der Waals surface area contributed by atoms with Crippen LogP contribution in [0.1, 0.15) is 42.3 Å². The van der Waals surface area contributed by atoms with Gasteiger partial charge in [0.25, 0.3) is 5.91 Å². The highest BCUT2D eigenvalue weighted by molar-refractivity contribution is 6.05. The number of methoxy groups -OCH3 is 1. The van der Waals surface area contributed by atoms with Gasteiger partial charge >= 0.3 is 0 Å². The van der Waals surface area contributed by atoms with Crippen molar-refractivity contribution in [1.29, 1.82) is 0 Å². The van der Waals surface area contributed by atoms with Crippen LogP contribution in [-0.2, 0) is 5.41 Å². The monoisotopic (exact) mass is 297 g/mol. The number of nitrogens with one attached hydrogen (secondary N) is 1. The second kappa shape index (κ2) is 6.22. The minimum Gasteiger partial charge on any atom is -0.495 e. The Balaban J connectivity index is 2.21. The van der Waals surface area contributed by atoms with Crippen LogP contribution in [0.3, 0.4) is 0 Å². The Hall–Kier alpha value is -2.29. The first-order valence-corrected chi connectivity index (χ1v) is 7.38. The van der Waals surface area contributed by atoms with Crippen molar-refractivity contribution in [2.24, 2.45) is 0 Å². The molecule has 0 aliphatic heterocycles. The minimum absolute atomic E-state index is 0.0781. The molecule has 2 rings (SSSR count). The first-order valence-electron chi connectivity index (χ1n) is 7.38. The number of anilines is 1. The maximum absolute atomic E-state index is 12.4. The van der Waals surface area contributed by atoms with Crippen molar-refractivity contribution < 1.29 is 9.53 Å². The summed E-state index contributed by atoms with van der Waals surface area (Å²) in [5, 5.41) is 2.91. The number of ether oxygens (including phenoxy) is 1. The summed E-state index contributed by atoms with van der Waals surface area (Å²) in [6, 6.07) is 13.4. The molecule has 0 radical (unpaired) electrons. The van der Waals surface area contributed by atoms with Gasteiger partial charge in [-0.15, -0.1) is 0 Å². The molecule has 0 heterocycles. The second-order valence-corrected chi connectivity index (χ2v) is 6.49. The van der Waals surface area contributed by atoms with Crippen LogP contribution in [0.4, 0.5) is 5.69 Å². The summed E-state index contributed by atoms with van der Waals surface area (Å²) in [4.78, 5) is 12.4. The Morgan fingerprint density at radius 2 is 1.68 bits per heavy atom. The van der Waals surface area contributed by atoms with Crippen molar-refractivity contribution in [3.8, 4) is 5.75 Å². The summed E-state index contributed by atoms with van der Waals surface area (Å²) in [6.07, 6.45) is 0. The molecule has 0 atom stereocenters. The zero-order valence-electron chi connectivity index (χ0n) is 13.9. The predicted molar refractivity (Wildman–Crippen MR) is 90.8 cm³/mol. The third-order valence-corrected chi connectivity index (χ3v) is 3.62. The summed E-state index contributed by atoms with van der Waals surface area (Å²) >= 11 is 0. The number of hydrogen-bond donors (Lipinski definition) is 1. The van der Waals surface area contributed by atoms with Crippen molar-refractivity contribution in [3.05, 3.63) is 59.2 Å². The lowest BCUT2D eigenvalue weighted by molar-refractivity contribution is 0.102. The third kappa shape index (κ3) is 3.67. The van der Waals surface area contributed by atoms with E-state index < -0.39 is 0 Å². The Morgan fingerprint density at radius 3 is 2.23 bits per heavy atom. The van der Waals surface area contributed by atoms with Crippen LogP contribution in [0.2, 0.25) is 0 Å². The van der Waals surface area contributed by atoms with Crippen molar-refractivity contribution >= 4 is 11.6 Å². The lowest BCUT2D eigenvalue weighted by Gasteiger charge is -2.19. The summed E-state index contributed by atoms with van der Waals surface area (Å²) in [6.45, 7) is 8.44. The fraction of sp³-hybridized carbons (Fsp3) is 0.316. The van der Waals surface area contributed by atoms with Crippen LogP contribution in [0.25, 0.3) is 0 Å². The van der Waals surface area contributed by atoms with Gasteiger partial charge in [0.15, 0.2) is 0 Å². The lowest BCUT2D eigenvalue weighted by Crippen LogP contribution is -2.14. The highest BCUT2D eigenvalue weighted by atomic mass is 16.5. The molecule has 1 N–H and O–H groups in total. The zero-order chi connectivity index (χ0) is 16.3. The summed E-state index contributed by atoms with van der Waals surface area (Å²) in [7, 11) is 1.60. The van der Waals surface area contributed by atoms with E-state index in [4.69, 9.17) is 4.74 Å². The average Bonchev–Trinajstić information content (AvgIpc) is 2.46. The van der Waals surface area contributed by atoms with Gasteiger partial charge in [-0.05, 0) is 47.7 Å². The first-order chi connectivity index (χ1) is 10.3. The van der Waals surface area contributed by atoms with Crippen LogP contribution in [0.5, 0.6) is 5.75 Å². The Bertz CT molecular complexity index is 667. The largest absolute Gasteiger partial charge is 0.495 e. The van der Waals surface area contributed by atoms with E-state index in [1.807, 2.05) is 49.4 Å². The Kier molecular flexibility index (Phi) is 4.55. The topological polar surface area (TPSA) is 38.3 Å². The zero-order valence-corrected chi connectivity index (χ0v) is 13.9. The first kappa shape index (κ1) is 16.1. The SMILES string of the molecule is COc1ccc(C)cc1NC(=O)c1ccc(C(C)(C)C)cc1. The average molecular weight is 297 g/mol. The van der Waals surface area contributed by atoms with Crippen LogP contribution in [0.15, 0.2) is 42.5 Å². The van der Waals surface area contributed by atoms with Gasteiger partial charge in [-0.2, -0.15) is 0 Å². The van der Waals surface area contributed by atoms with E-state index in [2.05, 4.69) is 26.1 Å². The normalized spacial score (nSPS) is 11.1. The van der Waals surface area contributed by atoms with Crippen LogP contribution in [-0.4, -0.2) is 13.0 Å². The van der Waals surface area contributed by atoms with Crippen LogP contribution >= 0.6 is 0 Å². The second-order valence-electron chi connectivity index (χ2n) is 6.49. The predicted octanol–water partition coefficient (Wildman–Crippen LogP) is 4.55. The molecule has 0 spiro atoms. The summed E-state index contributed by atoms with van der Waals surface area (Å²) < 4.78 is 5.29. The van der Waals surface area contributed by atoms with Gasteiger partial charge in [0.2, 0.25) is 0 Å². The molecule has 0 aliphatic rings. The number of rotatable bonds is 3. The van der Waals surface area contributed by atoms with E-state index in [-0.39, 0.29) is 11.3 Å². The van der Waals surface area contributed by atoms with E-state index in [0.717, 1.165) is 5.56 Å². The van der Waals surface area contributed by atoms with Gasteiger partial charge in [0.1, 0.15) is 5.75 Å². The maximum atomic E-state index is 12.4. The lowest BCUT2D eigenvalue weighted by atomic mass is 9.87. The number of amides is 1. The molecule has 0 saturated carbocycles. The van der Waals surface area contributed by atoms with Crippen molar-refractivity contribution in [1.82, 2.24) is 0 Å². The van der Waals surface area contributed by atoms with Gasteiger partial charge in [-0.25, -0.2) is 0 Å². The molecule has 0 aliphatic carbocycles. The number of hydrogen-bond acceptors (Lipinski definition) is 2. The molecule has 0 aromatic heterocycles. The fourth-order valence-corrected chi connectivity index (χ4v) is 2.24. The molecule has 3 nitrogen and oxygen atoms in total. The third-order valence-electron chi connectivity index (χ3n) is 3.62. The number of benzene rings is 2. The van der Waals surface area contributed by atoms with Crippen molar-refractivity contribution in [2.75, 3.05) is 12.4 Å². The van der Waals surface area contributed by atoms with Crippen LogP contribution in [0, 0.1) is 6.92 Å². The van der Waals surface area contributed by atoms with E-state index in [1.54, 1.807) is 7.11 Å². The molecule has 0 bridgehead atoms. The van der Waals surface area contributed by atoms with Crippen molar-refractivity contribution in [3.63, 3.8) is 0 Å². The van der Waals surface area contributed by atoms with Gasteiger partial charge < -0.3 is 10.1 Å². The smallest absolute Gasteiger partial charge is 0.255 e. The molecular formula is C19H23NO2. The molecule has 0 unspecified atom stereocenters. The highest BCUT2D eigenvalue weighted by Crippen LogP contribution is 2.26. The van der Waals surface area contributed by atoms with Crippen LogP contribution < -0.4 is 10.1 Å². The molecular weight excluding hydrogens is 274 g/mol. The maximum Gasteiger partial charge on any atom is 0.255 e. The summed E-state index contributed by atoms with van der Waals surface area (Å²) in [5.74, 6) is 0.523. The van der Waals surface area contributed by atoms with Crippen molar-refractivity contribution in [2.45, 2.75) is 33.1 Å². The van der Waals surface area contributed by atoms with E-state index in [9.17, 15) is 4.79 Å². The van der Waals surface area contributed by atoms with Gasteiger partial charge in [-0.1, -0.05) is 39.0 Å². The van der Waals surface area contributed by atoms with E-state index >= 15 is 0 Å². The molecule has 22 heavy (non-hydrogen) atoms.